The molecule has 2 rings (SSSR count). The van der Waals surface area contributed by atoms with Crippen LogP contribution in [0.15, 0.2) is 24.3 Å². The number of benzene rings is 1. The van der Waals surface area contributed by atoms with Crippen LogP contribution in [0.1, 0.15) is 39.2 Å². The average molecular weight is 288 g/mol. The molecule has 1 aromatic rings. The molecule has 1 amide bonds. The summed E-state index contributed by atoms with van der Waals surface area (Å²) in [6.07, 6.45) is 1.03. The van der Waals surface area contributed by atoms with Gasteiger partial charge in [0.05, 0.1) is 0 Å². The standard InChI is InChI=1S/C17H23NO3/c1-11-5-7-12(8-6-11)18-14(19)13-9-10-17(4,15(20)21)16(13,2)3/h5-8,13H,9-10H2,1-4H3,(H,18,19)(H,20,21)/p-1/t13-,17+/m1/s1. The van der Waals surface area contributed by atoms with Crippen molar-refractivity contribution < 1.29 is 14.7 Å². The van der Waals surface area contributed by atoms with Gasteiger partial charge in [0.15, 0.2) is 0 Å². The van der Waals surface area contributed by atoms with Gasteiger partial charge in [0.1, 0.15) is 0 Å². The van der Waals surface area contributed by atoms with E-state index >= 15 is 0 Å². The molecule has 1 aromatic carbocycles. The molecule has 21 heavy (non-hydrogen) atoms. The Morgan fingerprint density at radius 3 is 2.24 bits per heavy atom. The fourth-order valence-corrected chi connectivity index (χ4v) is 3.19. The number of aliphatic carboxylic acids is 1. The first kappa shape index (κ1) is 15.5. The lowest BCUT2D eigenvalue weighted by Crippen LogP contribution is -2.49. The van der Waals surface area contributed by atoms with Crippen molar-refractivity contribution in [2.75, 3.05) is 5.32 Å². The Balaban J connectivity index is 2.17. The maximum atomic E-state index is 12.5. The Bertz CT molecular complexity index is 562. The predicted octanol–water partition coefficient (Wildman–Crippen LogP) is 2.13. The molecule has 0 saturated heterocycles. The van der Waals surface area contributed by atoms with Crippen LogP contribution in [-0.2, 0) is 9.59 Å². The zero-order chi connectivity index (χ0) is 15.8. The van der Waals surface area contributed by atoms with E-state index in [9.17, 15) is 14.7 Å². The molecule has 1 N–H and O–H groups in total. The van der Waals surface area contributed by atoms with E-state index in [4.69, 9.17) is 0 Å². The molecule has 0 bridgehead atoms. The normalized spacial score (nSPS) is 27.3. The molecule has 0 spiro atoms. The van der Waals surface area contributed by atoms with E-state index in [1.54, 1.807) is 6.92 Å². The van der Waals surface area contributed by atoms with Crippen molar-refractivity contribution in [3.05, 3.63) is 29.8 Å². The molecule has 1 fully saturated rings. The Morgan fingerprint density at radius 1 is 1.19 bits per heavy atom. The topological polar surface area (TPSA) is 69.2 Å². The number of rotatable bonds is 3. The Kier molecular flexibility index (Phi) is 3.83. The van der Waals surface area contributed by atoms with Gasteiger partial charge < -0.3 is 15.2 Å². The van der Waals surface area contributed by atoms with Crippen LogP contribution in [-0.4, -0.2) is 11.9 Å². The molecule has 1 aliphatic rings. The number of hydrogen-bond donors (Lipinski definition) is 1. The minimum absolute atomic E-state index is 0.117. The van der Waals surface area contributed by atoms with Crippen LogP contribution in [0, 0.1) is 23.7 Å². The van der Waals surface area contributed by atoms with Crippen LogP contribution < -0.4 is 10.4 Å². The molecule has 1 aliphatic carbocycles. The molecular formula is C17H22NO3-. The van der Waals surface area contributed by atoms with Crippen LogP contribution >= 0.6 is 0 Å². The smallest absolute Gasteiger partial charge is 0.228 e. The van der Waals surface area contributed by atoms with Gasteiger partial charge in [-0.25, -0.2) is 0 Å². The SMILES string of the molecule is Cc1ccc(NC(=O)[C@H]2CC[C@@](C)(C(=O)[O-])C2(C)C)cc1. The number of carbonyl (C=O) groups excluding carboxylic acids is 2. The number of carbonyl (C=O) groups is 2. The third kappa shape index (κ3) is 2.55. The second-order valence-electron chi connectivity index (χ2n) is 6.79. The highest BCUT2D eigenvalue weighted by molar-refractivity contribution is 5.94. The zero-order valence-electron chi connectivity index (χ0n) is 13.0. The van der Waals surface area contributed by atoms with Crippen LogP contribution in [0.4, 0.5) is 5.69 Å². The first-order valence-electron chi connectivity index (χ1n) is 7.27. The van der Waals surface area contributed by atoms with Crippen LogP contribution in [0.2, 0.25) is 0 Å². The van der Waals surface area contributed by atoms with Gasteiger partial charge >= 0.3 is 0 Å². The van der Waals surface area contributed by atoms with Crippen molar-refractivity contribution in [3.63, 3.8) is 0 Å². The third-order valence-corrected chi connectivity index (χ3v) is 5.31. The summed E-state index contributed by atoms with van der Waals surface area (Å²) in [6.45, 7) is 7.35. The van der Waals surface area contributed by atoms with E-state index < -0.39 is 16.8 Å². The van der Waals surface area contributed by atoms with Gasteiger partial charge in [0.2, 0.25) is 5.91 Å². The predicted molar refractivity (Wildman–Crippen MR) is 79.4 cm³/mol. The number of nitrogens with one attached hydrogen (secondary N) is 1. The summed E-state index contributed by atoms with van der Waals surface area (Å²) >= 11 is 0. The van der Waals surface area contributed by atoms with E-state index in [1.807, 2.05) is 45.0 Å². The van der Waals surface area contributed by atoms with Crippen molar-refractivity contribution in [3.8, 4) is 0 Å². The molecule has 4 nitrogen and oxygen atoms in total. The Labute approximate surface area is 125 Å². The minimum Gasteiger partial charge on any atom is -0.550 e. The van der Waals surface area contributed by atoms with Crippen molar-refractivity contribution in [2.24, 2.45) is 16.7 Å². The molecule has 0 aliphatic heterocycles. The average Bonchev–Trinajstić information content (AvgIpc) is 2.64. The summed E-state index contributed by atoms with van der Waals surface area (Å²) in [5.74, 6) is -1.52. The summed E-state index contributed by atoms with van der Waals surface area (Å²) in [5, 5.41) is 14.4. The summed E-state index contributed by atoms with van der Waals surface area (Å²) in [7, 11) is 0. The summed E-state index contributed by atoms with van der Waals surface area (Å²) < 4.78 is 0. The highest BCUT2D eigenvalue weighted by Gasteiger charge is 2.54. The monoisotopic (exact) mass is 288 g/mol. The molecular weight excluding hydrogens is 266 g/mol. The van der Waals surface area contributed by atoms with Gasteiger partial charge in [-0.3, -0.25) is 4.79 Å². The zero-order valence-corrected chi connectivity index (χ0v) is 13.0. The van der Waals surface area contributed by atoms with Crippen molar-refractivity contribution in [1.29, 1.82) is 0 Å². The highest BCUT2D eigenvalue weighted by atomic mass is 16.4. The summed E-state index contributed by atoms with van der Waals surface area (Å²) in [4.78, 5) is 24.0. The van der Waals surface area contributed by atoms with Gasteiger partial charge in [-0.2, -0.15) is 0 Å². The molecule has 0 heterocycles. The van der Waals surface area contributed by atoms with Crippen molar-refractivity contribution in [1.82, 2.24) is 0 Å². The largest absolute Gasteiger partial charge is 0.550 e. The fraction of sp³-hybridized carbons (Fsp3) is 0.529. The molecule has 0 unspecified atom stereocenters. The number of amides is 1. The third-order valence-electron chi connectivity index (χ3n) is 5.31. The molecule has 1 saturated carbocycles. The maximum Gasteiger partial charge on any atom is 0.228 e. The van der Waals surface area contributed by atoms with Crippen LogP contribution in [0.3, 0.4) is 0 Å². The lowest BCUT2D eigenvalue weighted by molar-refractivity contribution is -0.323. The van der Waals surface area contributed by atoms with Gasteiger partial charge in [0, 0.05) is 23.0 Å². The molecule has 2 atom stereocenters. The second kappa shape index (κ2) is 5.17. The van der Waals surface area contributed by atoms with Gasteiger partial charge in [-0.15, -0.1) is 0 Å². The Hall–Kier alpha value is -1.84. The maximum absolute atomic E-state index is 12.5. The highest BCUT2D eigenvalue weighted by Crippen LogP contribution is 2.55. The molecule has 114 valence electrons. The lowest BCUT2D eigenvalue weighted by atomic mass is 9.65. The first-order valence-corrected chi connectivity index (χ1v) is 7.27. The number of anilines is 1. The van der Waals surface area contributed by atoms with Gasteiger partial charge in [0.25, 0.3) is 0 Å². The van der Waals surface area contributed by atoms with E-state index in [0.29, 0.717) is 12.8 Å². The van der Waals surface area contributed by atoms with E-state index in [1.165, 1.54) is 0 Å². The van der Waals surface area contributed by atoms with E-state index in [-0.39, 0.29) is 11.8 Å². The fourth-order valence-electron chi connectivity index (χ4n) is 3.19. The molecule has 0 radical (unpaired) electrons. The second-order valence-corrected chi connectivity index (χ2v) is 6.79. The minimum atomic E-state index is -1.07. The summed E-state index contributed by atoms with van der Waals surface area (Å²) in [5.41, 5.74) is 0.255. The first-order chi connectivity index (χ1) is 9.68. The van der Waals surface area contributed by atoms with Crippen molar-refractivity contribution in [2.45, 2.75) is 40.5 Å². The lowest BCUT2D eigenvalue weighted by Gasteiger charge is -2.41. The van der Waals surface area contributed by atoms with Crippen LogP contribution in [0.5, 0.6) is 0 Å². The number of aryl methyl sites for hydroxylation is 1. The van der Waals surface area contributed by atoms with Crippen LogP contribution in [0.25, 0.3) is 0 Å². The van der Waals surface area contributed by atoms with Crippen molar-refractivity contribution >= 4 is 17.6 Å². The summed E-state index contributed by atoms with van der Waals surface area (Å²) in [6, 6.07) is 7.57. The molecule has 0 aromatic heterocycles. The number of carboxylic acids is 1. The van der Waals surface area contributed by atoms with Gasteiger partial charge in [-0.05, 0) is 37.3 Å². The number of hydrogen-bond acceptors (Lipinski definition) is 3. The van der Waals surface area contributed by atoms with E-state index in [2.05, 4.69) is 5.32 Å². The quantitative estimate of drug-likeness (QED) is 0.926. The number of carboxylic acid groups (broad SMARTS) is 1. The van der Waals surface area contributed by atoms with E-state index in [0.717, 1.165) is 11.3 Å². The Morgan fingerprint density at radius 2 is 1.76 bits per heavy atom. The van der Waals surface area contributed by atoms with Gasteiger partial charge in [-0.1, -0.05) is 38.5 Å². The molecule has 4 heteroatoms.